The number of aromatic amines is 1. The zero-order chi connectivity index (χ0) is 16.1. The van der Waals surface area contributed by atoms with E-state index in [1.54, 1.807) is 0 Å². The van der Waals surface area contributed by atoms with Gasteiger partial charge in [0.1, 0.15) is 0 Å². The third kappa shape index (κ3) is 5.17. The minimum absolute atomic E-state index is 0. The first-order chi connectivity index (χ1) is 10.5. The predicted molar refractivity (Wildman–Crippen MR) is 96.2 cm³/mol. The van der Waals surface area contributed by atoms with Crippen LogP contribution in [0.2, 0.25) is 0 Å². The Hall–Kier alpha value is -0.630. The molecule has 0 atom stereocenters. The fourth-order valence-corrected chi connectivity index (χ4v) is 3.38. The Balaban J connectivity index is 0.00000264. The average Bonchev–Trinajstić information content (AvgIpc) is 2.89. The van der Waals surface area contributed by atoms with E-state index in [0.717, 1.165) is 29.4 Å². The molecule has 0 saturated carbocycles. The number of piperidine rings is 1. The molecular weight excluding hydrogens is 384 g/mol. The van der Waals surface area contributed by atoms with Crippen LogP contribution in [0.3, 0.4) is 0 Å². The maximum Gasteiger partial charge on any atom is 0.275 e. The fourth-order valence-electron chi connectivity index (χ4n) is 2.57. The molecule has 0 aliphatic carbocycles. The van der Waals surface area contributed by atoms with Crippen molar-refractivity contribution in [3.05, 3.63) is 15.9 Å². The number of H-pyrrole nitrogens is 1. The van der Waals surface area contributed by atoms with Crippen LogP contribution in [0.4, 0.5) is 0 Å². The van der Waals surface area contributed by atoms with Crippen LogP contribution < -0.4 is 5.73 Å². The highest BCUT2D eigenvalue weighted by atomic mass is 79.9. The summed E-state index contributed by atoms with van der Waals surface area (Å²) in [5.74, 6) is 0.278. The first kappa shape index (κ1) is 20.4. The summed E-state index contributed by atoms with van der Waals surface area (Å²) >= 11 is 3.50. The maximum atomic E-state index is 12.6. The molecule has 1 saturated heterocycles. The van der Waals surface area contributed by atoms with Gasteiger partial charge in [0, 0.05) is 19.7 Å². The van der Waals surface area contributed by atoms with Gasteiger partial charge in [-0.05, 0) is 47.7 Å². The van der Waals surface area contributed by atoms with Gasteiger partial charge in [-0.2, -0.15) is 5.10 Å². The number of likely N-dealkylation sites (tertiary alicyclic amines) is 1. The topological polar surface area (TPSA) is 84.2 Å². The molecule has 1 fully saturated rings. The van der Waals surface area contributed by atoms with Gasteiger partial charge in [-0.3, -0.25) is 9.89 Å². The second-order valence-electron chi connectivity index (χ2n) is 5.96. The smallest absolute Gasteiger partial charge is 0.275 e. The number of carbonyl (C=O) groups is 1. The molecule has 132 valence electrons. The highest BCUT2D eigenvalue weighted by Crippen LogP contribution is 2.27. The molecule has 8 heteroatoms. The van der Waals surface area contributed by atoms with E-state index >= 15 is 0 Å². The molecule has 3 N–H and O–H groups in total. The number of nitrogens with zero attached hydrogens (tertiary/aromatic N) is 2. The summed E-state index contributed by atoms with van der Waals surface area (Å²) in [6.07, 6.45) is 2.87. The molecule has 23 heavy (non-hydrogen) atoms. The van der Waals surface area contributed by atoms with E-state index in [1.807, 2.05) is 4.90 Å². The minimum Gasteiger partial charge on any atom is -0.378 e. The summed E-state index contributed by atoms with van der Waals surface area (Å²) in [4.78, 5) is 14.4. The number of carbonyl (C=O) groups excluding carboxylic acids is 1. The lowest BCUT2D eigenvalue weighted by Gasteiger charge is -2.31. The van der Waals surface area contributed by atoms with Gasteiger partial charge in [0.2, 0.25) is 0 Å². The van der Waals surface area contributed by atoms with Crippen LogP contribution in [0.5, 0.6) is 0 Å². The van der Waals surface area contributed by atoms with E-state index in [0.29, 0.717) is 37.9 Å². The third-order valence-corrected chi connectivity index (χ3v) is 4.75. The van der Waals surface area contributed by atoms with Gasteiger partial charge in [0.25, 0.3) is 5.91 Å². The van der Waals surface area contributed by atoms with Crippen molar-refractivity contribution in [2.24, 2.45) is 5.73 Å². The van der Waals surface area contributed by atoms with E-state index < -0.39 is 0 Å². The number of halogens is 2. The normalized spacial score (nSPS) is 15.8. The minimum atomic E-state index is -0.0181. The summed E-state index contributed by atoms with van der Waals surface area (Å²) in [6, 6.07) is 0. The Labute approximate surface area is 152 Å². The van der Waals surface area contributed by atoms with Crippen LogP contribution in [0, 0.1) is 0 Å². The molecule has 1 aromatic rings. The lowest BCUT2D eigenvalue weighted by molar-refractivity contribution is 0.00826. The van der Waals surface area contributed by atoms with Crippen molar-refractivity contribution >= 4 is 34.2 Å². The number of amides is 1. The summed E-state index contributed by atoms with van der Waals surface area (Å²) in [7, 11) is 0. The lowest BCUT2D eigenvalue weighted by atomic mass is 10.1. The Morgan fingerprint density at radius 2 is 2.13 bits per heavy atom. The molecule has 1 aromatic heterocycles. The van der Waals surface area contributed by atoms with Gasteiger partial charge in [-0.25, -0.2) is 0 Å². The number of nitrogens with one attached hydrogen (secondary N) is 1. The summed E-state index contributed by atoms with van der Waals surface area (Å²) in [6.45, 7) is 6.92. The van der Waals surface area contributed by atoms with Crippen molar-refractivity contribution in [2.45, 2.75) is 45.1 Å². The number of aromatic nitrogens is 2. The number of hydrogen-bond donors (Lipinski definition) is 2. The standard InChI is InChI=1S/C15H25BrN4O2.ClH/c1-10(2)13-12(16)14(19-18-13)15(21)20-7-4-11(5-8-20)22-9-3-6-17;/h10-11H,3-9,17H2,1-2H3,(H,18,19);1H. The summed E-state index contributed by atoms with van der Waals surface area (Å²) < 4.78 is 6.55. The number of ether oxygens (including phenoxy) is 1. The van der Waals surface area contributed by atoms with Gasteiger partial charge in [0.05, 0.1) is 16.3 Å². The van der Waals surface area contributed by atoms with Crippen LogP contribution in [0.25, 0.3) is 0 Å². The van der Waals surface area contributed by atoms with Gasteiger partial charge in [0.15, 0.2) is 5.69 Å². The highest BCUT2D eigenvalue weighted by Gasteiger charge is 2.28. The molecule has 6 nitrogen and oxygen atoms in total. The molecule has 1 aliphatic rings. The molecule has 0 aromatic carbocycles. The van der Waals surface area contributed by atoms with Crippen LogP contribution in [-0.2, 0) is 4.74 Å². The molecule has 0 unspecified atom stereocenters. The predicted octanol–water partition coefficient (Wildman–Crippen LogP) is 2.69. The van der Waals surface area contributed by atoms with Crippen LogP contribution in [0.1, 0.15) is 55.2 Å². The quantitative estimate of drug-likeness (QED) is 0.708. The van der Waals surface area contributed by atoms with E-state index in [2.05, 4.69) is 40.0 Å². The van der Waals surface area contributed by atoms with Gasteiger partial charge in [-0.1, -0.05) is 13.8 Å². The Kier molecular flexibility index (Phi) is 8.53. The first-order valence-corrected chi connectivity index (χ1v) is 8.68. The summed E-state index contributed by atoms with van der Waals surface area (Å²) in [5.41, 5.74) is 6.90. The summed E-state index contributed by atoms with van der Waals surface area (Å²) in [5, 5.41) is 7.14. The Bertz CT molecular complexity index is 502. The maximum absolute atomic E-state index is 12.6. The molecule has 1 aliphatic heterocycles. The number of hydrogen-bond acceptors (Lipinski definition) is 4. The molecule has 0 radical (unpaired) electrons. The first-order valence-electron chi connectivity index (χ1n) is 7.89. The molecule has 1 amide bonds. The van der Waals surface area contributed by atoms with Crippen molar-refractivity contribution in [3.8, 4) is 0 Å². The van der Waals surface area contributed by atoms with Crippen LogP contribution >= 0.6 is 28.3 Å². The van der Waals surface area contributed by atoms with E-state index in [4.69, 9.17) is 10.5 Å². The molecule has 0 bridgehead atoms. The lowest BCUT2D eigenvalue weighted by Crippen LogP contribution is -2.41. The molecule has 2 heterocycles. The average molecular weight is 410 g/mol. The highest BCUT2D eigenvalue weighted by molar-refractivity contribution is 9.10. The SMILES string of the molecule is CC(C)c1[nH]nc(C(=O)N2CCC(OCCCN)CC2)c1Br.Cl. The second-order valence-corrected chi connectivity index (χ2v) is 6.75. The second kappa shape index (κ2) is 9.61. The van der Waals surface area contributed by atoms with E-state index in [9.17, 15) is 4.79 Å². The van der Waals surface area contributed by atoms with Gasteiger partial charge >= 0.3 is 0 Å². The van der Waals surface area contributed by atoms with Crippen molar-refractivity contribution < 1.29 is 9.53 Å². The van der Waals surface area contributed by atoms with Crippen molar-refractivity contribution in [3.63, 3.8) is 0 Å². The molecule has 2 rings (SSSR count). The van der Waals surface area contributed by atoms with E-state index in [1.165, 1.54) is 0 Å². The van der Waals surface area contributed by atoms with Crippen molar-refractivity contribution in [2.75, 3.05) is 26.2 Å². The largest absolute Gasteiger partial charge is 0.378 e. The zero-order valence-corrected chi connectivity index (χ0v) is 16.1. The van der Waals surface area contributed by atoms with Crippen LogP contribution in [0.15, 0.2) is 4.47 Å². The van der Waals surface area contributed by atoms with Crippen LogP contribution in [-0.4, -0.2) is 53.3 Å². The number of rotatable bonds is 6. The van der Waals surface area contributed by atoms with Crippen molar-refractivity contribution in [1.29, 1.82) is 0 Å². The monoisotopic (exact) mass is 408 g/mol. The van der Waals surface area contributed by atoms with Crippen molar-refractivity contribution in [1.82, 2.24) is 15.1 Å². The molecule has 0 spiro atoms. The third-order valence-electron chi connectivity index (χ3n) is 3.94. The number of nitrogens with two attached hydrogens (primary N) is 1. The van der Waals surface area contributed by atoms with E-state index in [-0.39, 0.29) is 24.4 Å². The van der Waals surface area contributed by atoms with Gasteiger partial charge < -0.3 is 15.4 Å². The molecular formula is C15H26BrClN4O2. The zero-order valence-electron chi connectivity index (χ0n) is 13.7. The fraction of sp³-hybridized carbons (Fsp3) is 0.733. The Morgan fingerprint density at radius 3 is 2.65 bits per heavy atom. The Morgan fingerprint density at radius 1 is 1.48 bits per heavy atom. The van der Waals surface area contributed by atoms with Gasteiger partial charge in [-0.15, -0.1) is 12.4 Å².